The van der Waals surface area contributed by atoms with Crippen molar-refractivity contribution in [3.05, 3.63) is 24.3 Å². The van der Waals surface area contributed by atoms with Gasteiger partial charge >= 0.3 is 0 Å². The van der Waals surface area contributed by atoms with Crippen molar-refractivity contribution in [1.82, 2.24) is 5.32 Å². The lowest BCUT2D eigenvalue weighted by Crippen LogP contribution is -2.41. The number of nitrogens with one attached hydrogen (secondary N) is 1. The lowest BCUT2D eigenvalue weighted by atomic mass is 9.86. The third kappa shape index (κ3) is 4.44. The van der Waals surface area contributed by atoms with Crippen LogP contribution in [0.4, 0.5) is 0 Å². The van der Waals surface area contributed by atoms with Crippen molar-refractivity contribution >= 4 is 17.7 Å². The van der Waals surface area contributed by atoms with Crippen LogP contribution < -0.4 is 10.1 Å². The maximum atomic E-state index is 12.0. The van der Waals surface area contributed by atoms with Crippen molar-refractivity contribution in [2.24, 2.45) is 5.92 Å². The minimum atomic E-state index is 0.143. The van der Waals surface area contributed by atoms with Gasteiger partial charge in [0, 0.05) is 10.9 Å². The zero-order valence-electron chi connectivity index (χ0n) is 12.2. The first-order valence-electron chi connectivity index (χ1n) is 7.25. The van der Waals surface area contributed by atoms with Gasteiger partial charge in [-0.25, -0.2) is 0 Å². The SMILES string of the molecule is COc1ccc(SCC(=O)N[C@H]2CCCC[C@@H]2C)cc1. The molecular weight excluding hydrogens is 270 g/mol. The molecule has 0 heterocycles. The number of methoxy groups -OCH3 is 1. The Kier molecular flexibility index (Phi) is 5.77. The third-order valence-electron chi connectivity index (χ3n) is 3.89. The van der Waals surface area contributed by atoms with Gasteiger partial charge in [-0.3, -0.25) is 4.79 Å². The third-order valence-corrected chi connectivity index (χ3v) is 4.90. The van der Waals surface area contributed by atoms with E-state index in [0.29, 0.717) is 17.7 Å². The predicted octanol–water partition coefficient (Wildman–Crippen LogP) is 3.48. The first-order valence-corrected chi connectivity index (χ1v) is 8.24. The van der Waals surface area contributed by atoms with Gasteiger partial charge in [-0.05, 0) is 43.0 Å². The van der Waals surface area contributed by atoms with Gasteiger partial charge in [0.2, 0.25) is 5.91 Å². The summed E-state index contributed by atoms with van der Waals surface area (Å²) in [7, 11) is 1.65. The molecule has 0 spiro atoms. The normalized spacial score (nSPS) is 22.3. The van der Waals surface area contributed by atoms with E-state index >= 15 is 0 Å². The predicted molar refractivity (Wildman–Crippen MR) is 83.3 cm³/mol. The summed E-state index contributed by atoms with van der Waals surface area (Å²) >= 11 is 1.57. The van der Waals surface area contributed by atoms with Crippen molar-refractivity contribution in [3.63, 3.8) is 0 Å². The molecule has 2 rings (SSSR count). The molecule has 3 nitrogen and oxygen atoms in total. The van der Waals surface area contributed by atoms with E-state index in [1.807, 2.05) is 24.3 Å². The zero-order chi connectivity index (χ0) is 14.4. The molecule has 1 aliphatic carbocycles. The van der Waals surface area contributed by atoms with Gasteiger partial charge in [-0.1, -0.05) is 19.8 Å². The lowest BCUT2D eigenvalue weighted by molar-refractivity contribution is -0.119. The van der Waals surface area contributed by atoms with Crippen molar-refractivity contribution in [2.75, 3.05) is 12.9 Å². The maximum Gasteiger partial charge on any atom is 0.230 e. The number of carbonyl (C=O) groups excluding carboxylic acids is 1. The molecule has 0 unspecified atom stereocenters. The van der Waals surface area contributed by atoms with E-state index in [-0.39, 0.29) is 5.91 Å². The number of ether oxygens (including phenoxy) is 1. The first kappa shape index (κ1) is 15.2. The topological polar surface area (TPSA) is 38.3 Å². The Balaban J connectivity index is 1.76. The number of carbonyl (C=O) groups is 1. The fraction of sp³-hybridized carbons (Fsp3) is 0.562. The summed E-state index contributed by atoms with van der Waals surface area (Å²) < 4.78 is 5.12. The molecule has 1 N–H and O–H groups in total. The molecule has 0 bridgehead atoms. The van der Waals surface area contributed by atoms with E-state index in [2.05, 4.69) is 12.2 Å². The molecule has 0 aliphatic heterocycles. The van der Waals surface area contributed by atoms with Gasteiger partial charge in [0.15, 0.2) is 0 Å². The van der Waals surface area contributed by atoms with Crippen LogP contribution in [0, 0.1) is 5.92 Å². The Morgan fingerprint density at radius 2 is 2.00 bits per heavy atom. The van der Waals surface area contributed by atoms with E-state index in [9.17, 15) is 4.79 Å². The highest BCUT2D eigenvalue weighted by atomic mass is 32.2. The average molecular weight is 293 g/mol. The van der Waals surface area contributed by atoms with Crippen molar-refractivity contribution in [3.8, 4) is 5.75 Å². The number of thioether (sulfide) groups is 1. The molecule has 1 aromatic carbocycles. The molecule has 1 saturated carbocycles. The largest absolute Gasteiger partial charge is 0.497 e. The van der Waals surface area contributed by atoms with Crippen molar-refractivity contribution in [2.45, 2.75) is 43.5 Å². The van der Waals surface area contributed by atoms with E-state index < -0.39 is 0 Å². The Morgan fingerprint density at radius 3 is 2.65 bits per heavy atom. The summed E-state index contributed by atoms with van der Waals surface area (Å²) in [5.41, 5.74) is 0. The smallest absolute Gasteiger partial charge is 0.230 e. The van der Waals surface area contributed by atoms with Crippen LogP contribution in [0.1, 0.15) is 32.6 Å². The van der Waals surface area contributed by atoms with E-state index in [4.69, 9.17) is 4.74 Å². The second-order valence-corrected chi connectivity index (χ2v) is 6.45. The highest BCUT2D eigenvalue weighted by molar-refractivity contribution is 8.00. The van der Waals surface area contributed by atoms with Crippen molar-refractivity contribution < 1.29 is 9.53 Å². The van der Waals surface area contributed by atoms with Crippen LogP contribution in [0.5, 0.6) is 5.75 Å². The zero-order valence-corrected chi connectivity index (χ0v) is 13.0. The number of hydrogen-bond donors (Lipinski definition) is 1. The molecule has 0 aromatic heterocycles. The molecule has 2 atom stereocenters. The summed E-state index contributed by atoms with van der Waals surface area (Å²) in [6, 6.07) is 8.18. The molecule has 1 fully saturated rings. The molecule has 0 radical (unpaired) electrons. The molecule has 20 heavy (non-hydrogen) atoms. The molecule has 0 saturated heterocycles. The van der Waals surface area contributed by atoms with Gasteiger partial charge < -0.3 is 10.1 Å². The molecule has 1 aromatic rings. The van der Waals surface area contributed by atoms with Gasteiger partial charge in [0.1, 0.15) is 5.75 Å². The summed E-state index contributed by atoms with van der Waals surface area (Å²) in [6.07, 6.45) is 4.89. The maximum absolute atomic E-state index is 12.0. The molecule has 1 aliphatic rings. The minimum absolute atomic E-state index is 0.143. The van der Waals surface area contributed by atoms with Crippen LogP contribution in [0.3, 0.4) is 0 Å². The van der Waals surface area contributed by atoms with Crippen LogP contribution in [-0.2, 0) is 4.79 Å². The number of rotatable bonds is 5. The molecule has 1 amide bonds. The highest BCUT2D eigenvalue weighted by Gasteiger charge is 2.22. The summed E-state index contributed by atoms with van der Waals surface area (Å²) in [5, 5.41) is 3.18. The van der Waals surface area contributed by atoms with Gasteiger partial charge in [-0.2, -0.15) is 0 Å². The highest BCUT2D eigenvalue weighted by Crippen LogP contribution is 2.24. The van der Waals surface area contributed by atoms with Crippen LogP contribution in [0.25, 0.3) is 0 Å². The number of benzene rings is 1. The van der Waals surface area contributed by atoms with E-state index in [1.165, 1.54) is 19.3 Å². The van der Waals surface area contributed by atoms with E-state index in [1.54, 1.807) is 18.9 Å². The number of amides is 1. The van der Waals surface area contributed by atoms with Gasteiger partial charge in [0.25, 0.3) is 0 Å². The molecule has 4 heteroatoms. The van der Waals surface area contributed by atoms with Gasteiger partial charge in [-0.15, -0.1) is 11.8 Å². The minimum Gasteiger partial charge on any atom is -0.497 e. The number of hydrogen-bond acceptors (Lipinski definition) is 3. The second-order valence-electron chi connectivity index (χ2n) is 5.40. The van der Waals surface area contributed by atoms with Crippen LogP contribution in [-0.4, -0.2) is 24.8 Å². The summed E-state index contributed by atoms with van der Waals surface area (Å²) in [4.78, 5) is 13.1. The van der Waals surface area contributed by atoms with Crippen LogP contribution in [0.15, 0.2) is 29.2 Å². The van der Waals surface area contributed by atoms with Crippen molar-refractivity contribution in [1.29, 1.82) is 0 Å². The quantitative estimate of drug-likeness (QED) is 0.845. The van der Waals surface area contributed by atoms with E-state index in [0.717, 1.165) is 17.1 Å². The second kappa shape index (κ2) is 7.58. The van der Waals surface area contributed by atoms with Gasteiger partial charge in [0.05, 0.1) is 12.9 Å². The standard InChI is InChI=1S/C16H23NO2S/c1-12-5-3-4-6-15(12)17-16(18)11-20-14-9-7-13(19-2)8-10-14/h7-10,12,15H,3-6,11H2,1-2H3,(H,17,18)/t12-,15-/m0/s1. The fourth-order valence-electron chi connectivity index (χ4n) is 2.60. The Morgan fingerprint density at radius 1 is 1.30 bits per heavy atom. The monoisotopic (exact) mass is 293 g/mol. The Hall–Kier alpha value is -1.16. The lowest BCUT2D eigenvalue weighted by Gasteiger charge is -2.29. The summed E-state index contributed by atoms with van der Waals surface area (Å²) in [5.74, 6) is 2.08. The average Bonchev–Trinajstić information content (AvgIpc) is 2.48. The first-order chi connectivity index (χ1) is 9.69. The summed E-state index contributed by atoms with van der Waals surface area (Å²) in [6.45, 7) is 2.24. The van der Waals surface area contributed by atoms with Crippen LogP contribution in [0.2, 0.25) is 0 Å². The Labute approximate surface area is 125 Å². The molecule has 110 valence electrons. The van der Waals surface area contributed by atoms with Crippen LogP contribution >= 0.6 is 11.8 Å². The Bertz CT molecular complexity index is 433. The molecular formula is C16H23NO2S. The fourth-order valence-corrected chi connectivity index (χ4v) is 3.31.